The van der Waals surface area contributed by atoms with E-state index in [9.17, 15) is 13.5 Å². The maximum Gasteiger partial charge on any atom is 0.338 e. The second kappa shape index (κ2) is 5.68. The van der Waals surface area contributed by atoms with Crippen molar-refractivity contribution in [1.82, 2.24) is 13.8 Å². The number of ether oxygens (including phenoxy) is 1. The third-order valence-electron chi connectivity index (χ3n) is 2.62. The fraction of sp³-hybridized carbons (Fsp3) is 0.182. The van der Waals surface area contributed by atoms with Gasteiger partial charge in [0.1, 0.15) is 5.15 Å². The van der Waals surface area contributed by atoms with Crippen LogP contribution in [0.4, 0.5) is 3.89 Å². The van der Waals surface area contributed by atoms with Gasteiger partial charge in [-0.25, -0.2) is 18.5 Å². The summed E-state index contributed by atoms with van der Waals surface area (Å²) in [5.41, 5.74) is 0.00235. The molecule has 20 heavy (non-hydrogen) atoms. The number of rotatable bonds is 3. The molecule has 0 aliphatic rings. The Balaban J connectivity index is 2.61. The van der Waals surface area contributed by atoms with Crippen LogP contribution in [0.5, 0.6) is 0 Å². The molecule has 2 aromatic heterocycles. The van der Waals surface area contributed by atoms with Crippen LogP contribution in [0.2, 0.25) is 5.15 Å². The number of methoxy groups -OCH3 is 1. The van der Waals surface area contributed by atoms with Crippen LogP contribution in [-0.2, 0) is 11.8 Å². The molecule has 0 aliphatic carbocycles. The van der Waals surface area contributed by atoms with Crippen molar-refractivity contribution in [3.63, 3.8) is 0 Å². The van der Waals surface area contributed by atoms with E-state index in [4.69, 9.17) is 11.6 Å². The van der Waals surface area contributed by atoms with Gasteiger partial charge in [0, 0.05) is 7.05 Å². The third-order valence-corrected chi connectivity index (χ3v) is 3.31. The predicted molar refractivity (Wildman–Crippen MR) is 73.4 cm³/mol. The molecular formula is C11H9ClFN3O3S. The SMILES string of the molecule is COC(=O)c1cc(Cl)nc(-c2cn(SF)n(C)c2=O)c1. The normalized spacial score (nSPS) is 10.6. The minimum Gasteiger partial charge on any atom is -0.465 e. The Morgan fingerprint density at radius 2 is 2.20 bits per heavy atom. The van der Waals surface area contributed by atoms with Crippen LogP contribution >= 0.6 is 23.9 Å². The fourth-order valence-corrected chi connectivity index (χ4v) is 2.15. The van der Waals surface area contributed by atoms with Gasteiger partial charge in [-0.1, -0.05) is 11.6 Å². The van der Waals surface area contributed by atoms with Crippen LogP contribution in [0.25, 0.3) is 11.3 Å². The van der Waals surface area contributed by atoms with Crippen molar-refractivity contribution in [3.8, 4) is 11.3 Å². The van der Waals surface area contributed by atoms with Gasteiger partial charge in [0.05, 0.1) is 30.1 Å². The molecule has 0 spiro atoms. The lowest BCUT2D eigenvalue weighted by atomic mass is 10.1. The van der Waals surface area contributed by atoms with Crippen molar-refractivity contribution in [2.75, 3.05) is 7.11 Å². The Morgan fingerprint density at radius 1 is 1.50 bits per heavy atom. The van der Waals surface area contributed by atoms with E-state index in [0.717, 1.165) is 8.77 Å². The van der Waals surface area contributed by atoms with Crippen LogP contribution in [0, 0.1) is 0 Å². The first-order chi connectivity index (χ1) is 9.47. The summed E-state index contributed by atoms with van der Waals surface area (Å²) in [6.07, 6.45) is 1.27. The van der Waals surface area contributed by atoms with Crippen LogP contribution in [0.15, 0.2) is 23.1 Å². The number of halogens is 2. The quantitative estimate of drug-likeness (QED) is 0.640. The minimum atomic E-state index is -0.605. The number of nitrogens with zero attached hydrogens (tertiary/aromatic N) is 3. The summed E-state index contributed by atoms with van der Waals surface area (Å²) in [5, 5.41) is 0.0330. The first kappa shape index (κ1) is 14.6. The Morgan fingerprint density at radius 3 is 2.75 bits per heavy atom. The first-order valence-electron chi connectivity index (χ1n) is 5.32. The summed E-state index contributed by atoms with van der Waals surface area (Å²) in [5.74, 6) is -0.605. The van der Waals surface area contributed by atoms with E-state index < -0.39 is 11.5 Å². The third kappa shape index (κ3) is 2.56. The molecule has 0 atom stereocenters. The van der Waals surface area contributed by atoms with Gasteiger partial charge in [0.15, 0.2) is 12.3 Å². The van der Waals surface area contributed by atoms with Crippen LogP contribution in [0.1, 0.15) is 10.4 Å². The summed E-state index contributed by atoms with van der Waals surface area (Å²) in [6.45, 7) is 0. The lowest BCUT2D eigenvalue weighted by Crippen LogP contribution is -2.16. The molecule has 0 bridgehead atoms. The average molecular weight is 318 g/mol. The maximum absolute atomic E-state index is 12.6. The summed E-state index contributed by atoms with van der Waals surface area (Å²) >= 11 is 5.69. The van der Waals surface area contributed by atoms with Gasteiger partial charge in [-0.05, 0) is 12.1 Å². The molecule has 0 N–H and O–H groups in total. The number of pyridine rings is 1. The molecule has 0 fully saturated rings. The Kier molecular flexibility index (Phi) is 4.15. The van der Waals surface area contributed by atoms with Gasteiger partial charge in [0.2, 0.25) is 0 Å². The van der Waals surface area contributed by atoms with Crippen LogP contribution in [0.3, 0.4) is 0 Å². The zero-order valence-electron chi connectivity index (χ0n) is 10.5. The molecule has 2 rings (SSSR count). The fourth-order valence-electron chi connectivity index (χ4n) is 1.63. The minimum absolute atomic E-state index is 0.0330. The van der Waals surface area contributed by atoms with Gasteiger partial charge in [0.25, 0.3) is 5.56 Å². The summed E-state index contributed by atoms with van der Waals surface area (Å²) < 4.78 is 19.3. The van der Waals surface area contributed by atoms with E-state index >= 15 is 0 Å². The summed E-state index contributed by atoms with van der Waals surface area (Å²) in [6, 6.07) is 2.68. The first-order valence-corrected chi connectivity index (χ1v) is 6.37. The highest BCUT2D eigenvalue weighted by molar-refractivity contribution is 7.92. The molecule has 0 aliphatic heterocycles. The maximum atomic E-state index is 12.6. The number of hydrogen-bond donors (Lipinski definition) is 0. The Labute approximate surface area is 122 Å². The second-order valence-corrected chi connectivity index (χ2v) is 4.70. The van der Waals surface area contributed by atoms with Crippen molar-refractivity contribution < 1.29 is 13.4 Å². The van der Waals surface area contributed by atoms with Crippen LogP contribution < -0.4 is 5.56 Å². The molecule has 2 aromatic rings. The smallest absolute Gasteiger partial charge is 0.338 e. The van der Waals surface area contributed by atoms with Crippen molar-refractivity contribution in [2.24, 2.45) is 7.05 Å². The molecule has 2 heterocycles. The number of aromatic nitrogens is 3. The van der Waals surface area contributed by atoms with Gasteiger partial charge in [-0.15, -0.1) is 3.89 Å². The van der Waals surface area contributed by atoms with E-state index in [-0.39, 0.29) is 34.3 Å². The molecule has 106 valence electrons. The van der Waals surface area contributed by atoms with E-state index in [1.165, 1.54) is 32.5 Å². The number of carbonyl (C=O) groups is 1. The summed E-state index contributed by atoms with van der Waals surface area (Å²) in [7, 11) is 2.63. The summed E-state index contributed by atoms with van der Waals surface area (Å²) in [4.78, 5) is 27.4. The molecule has 0 radical (unpaired) electrons. The van der Waals surface area contributed by atoms with E-state index in [1.807, 2.05) is 0 Å². The van der Waals surface area contributed by atoms with Gasteiger partial charge < -0.3 is 4.74 Å². The Bertz CT molecular complexity index is 728. The molecule has 0 unspecified atom stereocenters. The highest BCUT2D eigenvalue weighted by atomic mass is 35.5. The molecule has 0 aromatic carbocycles. The average Bonchev–Trinajstić information content (AvgIpc) is 2.73. The highest BCUT2D eigenvalue weighted by Gasteiger charge is 2.16. The van der Waals surface area contributed by atoms with Crippen molar-refractivity contribution in [2.45, 2.75) is 0 Å². The molecular weight excluding hydrogens is 309 g/mol. The van der Waals surface area contributed by atoms with E-state index in [2.05, 4.69) is 9.72 Å². The zero-order valence-corrected chi connectivity index (χ0v) is 12.0. The van der Waals surface area contributed by atoms with Gasteiger partial charge >= 0.3 is 5.97 Å². The lowest BCUT2D eigenvalue weighted by Gasteiger charge is -2.02. The van der Waals surface area contributed by atoms with E-state index in [0.29, 0.717) is 0 Å². The van der Waals surface area contributed by atoms with Crippen molar-refractivity contribution in [3.05, 3.63) is 39.4 Å². The van der Waals surface area contributed by atoms with Crippen LogP contribution in [-0.4, -0.2) is 26.8 Å². The monoisotopic (exact) mass is 317 g/mol. The predicted octanol–water partition coefficient (Wildman–Crippen LogP) is 2.07. The van der Waals surface area contributed by atoms with Gasteiger partial charge in [-0.2, -0.15) is 0 Å². The molecule has 0 saturated carbocycles. The number of esters is 1. The van der Waals surface area contributed by atoms with Crippen molar-refractivity contribution in [1.29, 1.82) is 0 Å². The van der Waals surface area contributed by atoms with E-state index in [1.54, 1.807) is 0 Å². The zero-order chi connectivity index (χ0) is 14.9. The number of hydrogen-bond acceptors (Lipinski definition) is 5. The standard InChI is InChI=1S/C11H9ClFN3O3S/c1-15-10(17)7(5-16(15)20-13)8-3-6(11(18)19-2)4-9(12)14-8/h3-5H,1-2H3. The molecule has 6 nitrogen and oxygen atoms in total. The topological polar surface area (TPSA) is 66.1 Å². The highest BCUT2D eigenvalue weighted by Crippen LogP contribution is 2.21. The molecule has 9 heteroatoms. The largest absolute Gasteiger partial charge is 0.465 e. The number of carbonyl (C=O) groups excluding carboxylic acids is 1. The lowest BCUT2D eigenvalue weighted by molar-refractivity contribution is 0.0600. The molecule has 0 amide bonds. The van der Waals surface area contributed by atoms with Crippen molar-refractivity contribution >= 4 is 29.9 Å². The Hall–Kier alpha value is -1.80. The molecule has 0 saturated heterocycles. The second-order valence-electron chi connectivity index (χ2n) is 3.80. The van der Waals surface area contributed by atoms with Gasteiger partial charge in [-0.3, -0.25) is 4.79 Å².